The molecule has 23 heavy (non-hydrogen) atoms. The van der Waals surface area contributed by atoms with Crippen molar-refractivity contribution in [1.82, 2.24) is 15.0 Å². The molecule has 0 radical (unpaired) electrons. The van der Waals surface area contributed by atoms with Crippen LogP contribution in [0.4, 0.5) is 11.6 Å². The van der Waals surface area contributed by atoms with Crippen LogP contribution >= 0.6 is 0 Å². The van der Waals surface area contributed by atoms with Crippen LogP contribution in [0, 0.1) is 11.8 Å². The third-order valence-corrected chi connectivity index (χ3v) is 3.94. The first kappa shape index (κ1) is 15.4. The van der Waals surface area contributed by atoms with Gasteiger partial charge in [0, 0.05) is 56.6 Å². The topological polar surface area (TPSA) is 80.2 Å². The number of nitrogens with zero attached hydrogens (tertiary/aromatic N) is 4. The van der Waals surface area contributed by atoms with Crippen molar-refractivity contribution in [2.45, 2.75) is 0 Å². The highest BCUT2D eigenvalue weighted by atomic mass is 16.5. The Hall–Kier alpha value is -2.54. The molecular weight excluding hydrogens is 294 g/mol. The number of ether oxygens (including phenoxy) is 1. The van der Waals surface area contributed by atoms with E-state index in [-0.39, 0.29) is 17.7 Å². The molecule has 0 saturated carbocycles. The number of carbonyl (C=O) groups is 1. The Bertz CT molecular complexity index is 637. The van der Waals surface area contributed by atoms with Crippen LogP contribution in [-0.4, -0.2) is 47.7 Å². The van der Waals surface area contributed by atoms with E-state index in [1.165, 1.54) is 0 Å². The van der Waals surface area contributed by atoms with Crippen molar-refractivity contribution in [3.63, 3.8) is 0 Å². The summed E-state index contributed by atoms with van der Waals surface area (Å²) in [6.45, 7) is 1.80. The summed E-state index contributed by atoms with van der Waals surface area (Å²) in [5.41, 5.74) is 0.746. The molecule has 2 aromatic heterocycles. The van der Waals surface area contributed by atoms with Gasteiger partial charge in [0.05, 0.1) is 12.5 Å². The fourth-order valence-corrected chi connectivity index (χ4v) is 2.84. The average Bonchev–Trinajstić information content (AvgIpc) is 3.01. The molecule has 2 aromatic rings. The molecule has 1 aliphatic heterocycles. The van der Waals surface area contributed by atoms with E-state index >= 15 is 0 Å². The summed E-state index contributed by atoms with van der Waals surface area (Å²) in [5.74, 6) is 0.557. The van der Waals surface area contributed by atoms with Gasteiger partial charge in [0.1, 0.15) is 0 Å². The van der Waals surface area contributed by atoms with Gasteiger partial charge in [0.2, 0.25) is 11.9 Å². The monoisotopic (exact) mass is 313 g/mol. The maximum Gasteiger partial charge on any atom is 0.229 e. The van der Waals surface area contributed by atoms with E-state index in [2.05, 4.69) is 20.3 Å². The van der Waals surface area contributed by atoms with E-state index in [4.69, 9.17) is 4.74 Å². The van der Waals surface area contributed by atoms with Crippen LogP contribution in [0.5, 0.6) is 0 Å². The summed E-state index contributed by atoms with van der Waals surface area (Å²) in [6.07, 6.45) is 6.72. The Labute approximate surface area is 134 Å². The first-order valence-electron chi connectivity index (χ1n) is 7.49. The maximum absolute atomic E-state index is 12.6. The molecule has 3 rings (SSSR count). The molecule has 0 spiro atoms. The molecule has 2 atom stereocenters. The van der Waals surface area contributed by atoms with Gasteiger partial charge in [-0.15, -0.1) is 0 Å². The average molecular weight is 313 g/mol. The second kappa shape index (κ2) is 7.15. The summed E-state index contributed by atoms with van der Waals surface area (Å²) in [7, 11) is 1.65. The van der Waals surface area contributed by atoms with Gasteiger partial charge >= 0.3 is 0 Å². The lowest BCUT2D eigenvalue weighted by Gasteiger charge is -2.16. The smallest absolute Gasteiger partial charge is 0.229 e. The summed E-state index contributed by atoms with van der Waals surface area (Å²) in [6, 6.07) is 5.33. The van der Waals surface area contributed by atoms with Crippen LogP contribution in [0.2, 0.25) is 0 Å². The number of anilines is 2. The van der Waals surface area contributed by atoms with Crippen molar-refractivity contribution < 1.29 is 9.53 Å². The lowest BCUT2D eigenvalue weighted by atomic mass is 9.96. The standard InChI is InChI=1S/C16H19N5O2/c1-23-11-12-9-21(16-18-5-2-6-19-16)10-14(12)15(22)20-13-3-7-17-8-4-13/h2-8,12,14H,9-11H2,1H3,(H,17,20,22)/t12-,14+/m0/s1. The minimum atomic E-state index is -0.174. The van der Waals surface area contributed by atoms with Crippen molar-refractivity contribution in [1.29, 1.82) is 0 Å². The van der Waals surface area contributed by atoms with Gasteiger partial charge < -0.3 is 15.0 Å². The molecule has 1 N–H and O–H groups in total. The first-order valence-corrected chi connectivity index (χ1v) is 7.49. The Morgan fingerprint density at radius 3 is 2.70 bits per heavy atom. The van der Waals surface area contributed by atoms with E-state index in [1.807, 2.05) is 4.90 Å². The normalized spacial score (nSPS) is 20.5. The van der Waals surface area contributed by atoms with Crippen LogP contribution in [-0.2, 0) is 9.53 Å². The van der Waals surface area contributed by atoms with E-state index in [1.54, 1.807) is 50.1 Å². The van der Waals surface area contributed by atoms with Gasteiger partial charge in [-0.1, -0.05) is 0 Å². The van der Waals surface area contributed by atoms with E-state index in [0.717, 1.165) is 5.69 Å². The second-order valence-electron chi connectivity index (χ2n) is 5.50. The van der Waals surface area contributed by atoms with Crippen LogP contribution in [0.1, 0.15) is 0 Å². The summed E-state index contributed by atoms with van der Waals surface area (Å²) in [4.78, 5) is 27.1. The first-order chi connectivity index (χ1) is 11.3. The van der Waals surface area contributed by atoms with Crippen molar-refractivity contribution in [2.24, 2.45) is 11.8 Å². The highest BCUT2D eigenvalue weighted by molar-refractivity contribution is 5.93. The van der Waals surface area contributed by atoms with Gasteiger partial charge in [-0.2, -0.15) is 0 Å². The molecule has 0 unspecified atom stereocenters. The Morgan fingerprint density at radius 1 is 1.26 bits per heavy atom. The molecule has 0 aliphatic carbocycles. The van der Waals surface area contributed by atoms with Crippen molar-refractivity contribution in [3.8, 4) is 0 Å². The number of amides is 1. The number of hydrogen-bond donors (Lipinski definition) is 1. The highest BCUT2D eigenvalue weighted by Gasteiger charge is 2.38. The molecule has 1 saturated heterocycles. The van der Waals surface area contributed by atoms with Crippen LogP contribution < -0.4 is 10.2 Å². The van der Waals surface area contributed by atoms with Gasteiger partial charge in [0.15, 0.2) is 0 Å². The van der Waals surface area contributed by atoms with Crippen molar-refractivity contribution >= 4 is 17.5 Å². The molecule has 3 heterocycles. The third-order valence-electron chi connectivity index (χ3n) is 3.94. The Balaban J connectivity index is 1.72. The molecule has 0 aromatic carbocycles. The zero-order chi connectivity index (χ0) is 16.1. The fraction of sp³-hybridized carbons (Fsp3) is 0.375. The summed E-state index contributed by atoms with van der Waals surface area (Å²) in [5, 5.41) is 2.94. The van der Waals surface area contributed by atoms with E-state index in [9.17, 15) is 4.79 Å². The van der Waals surface area contributed by atoms with Crippen LogP contribution in [0.25, 0.3) is 0 Å². The molecule has 0 bridgehead atoms. The number of pyridine rings is 1. The van der Waals surface area contributed by atoms with Gasteiger partial charge in [-0.3, -0.25) is 9.78 Å². The minimum Gasteiger partial charge on any atom is -0.384 e. The zero-order valence-electron chi connectivity index (χ0n) is 12.9. The Morgan fingerprint density at radius 2 is 2.00 bits per heavy atom. The summed E-state index contributed by atoms with van der Waals surface area (Å²) < 4.78 is 5.28. The highest BCUT2D eigenvalue weighted by Crippen LogP contribution is 2.27. The number of methoxy groups -OCH3 is 1. The van der Waals surface area contributed by atoms with E-state index < -0.39 is 0 Å². The lowest BCUT2D eigenvalue weighted by Crippen LogP contribution is -2.31. The minimum absolute atomic E-state index is 0.0170. The second-order valence-corrected chi connectivity index (χ2v) is 5.50. The number of aromatic nitrogens is 3. The Kier molecular flexibility index (Phi) is 4.77. The molecule has 7 heteroatoms. The van der Waals surface area contributed by atoms with Crippen LogP contribution in [0.3, 0.4) is 0 Å². The SMILES string of the molecule is COC[C@@H]1CN(c2ncccn2)C[C@H]1C(=O)Nc1ccncc1. The molecule has 1 fully saturated rings. The lowest BCUT2D eigenvalue weighted by molar-refractivity contribution is -0.120. The molecular formula is C16H19N5O2. The number of nitrogens with one attached hydrogen (secondary N) is 1. The van der Waals surface area contributed by atoms with Crippen molar-refractivity contribution in [3.05, 3.63) is 43.0 Å². The predicted molar refractivity (Wildman–Crippen MR) is 86.0 cm³/mol. The number of rotatable bonds is 5. The molecule has 7 nitrogen and oxygen atoms in total. The number of hydrogen-bond acceptors (Lipinski definition) is 6. The maximum atomic E-state index is 12.6. The molecule has 120 valence electrons. The zero-order valence-corrected chi connectivity index (χ0v) is 12.9. The molecule has 1 aliphatic rings. The van der Waals surface area contributed by atoms with Gasteiger partial charge in [-0.05, 0) is 18.2 Å². The van der Waals surface area contributed by atoms with Crippen LogP contribution in [0.15, 0.2) is 43.0 Å². The van der Waals surface area contributed by atoms with Gasteiger partial charge in [-0.25, -0.2) is 9.97 Å². The molecule has 1 amide bonds. The predicted octanol–water partition coefficient (Wildman–Crippen LogP) is 1.21. The van der Waals surface area contributed by atoms with Gasteiger partial charge in [0.25, 0.3) is 0 Å². The quantitative estimate of drug-likeness (QED) is 0.893. The fourth-order valence-electron chi connectivity index (χ4n) is 2.84. The third kappa shape index (κ3) is 3.62. The number of carbonyl (C=O) groups excluding carboxylic acids is 1. The summed E-state index contributed by atoms with van der Waals surface area (Å²) >= 11 is 0. The largest absolute Gasteiger partial charge is 0.384 e. The van der Waals surface area contributed by atoms with Crippen molar-refractivity contribution in [2.75, 3.05) is 37.0 Å². The van der Waals surface area contributed by atoms with E-state index in [0.29, 0.717) is 25.6 Å².